The van der Waals surface area contributed by atoms with Crippen LogP contribution in [0.5, 0.6) is 0 Å². The van der Waals surface area contributed by atoms with Crippen molar-refractivity contribution >= 4 is 21.7 Å². The molecule has 0 unspecified atom stereocenters. The molecule has 0 fully saturated rings. The van der Waals surface area contributed by atoms with E-state index >= 15 is 0 Å². The molecule has 0 aromatic heterocycles. The molecule has 0 heterocycles. The Bertz CT molecular complexity index is 1170. The molecule has 0 aliphatic rings. The summed E-state index contributed by atoms with van der Waals surface area (Å²) in [6.45, 7) is 0.288. The van der Waals surface area contributed by atoms with Crippen molar-refractivity contribution < 1.29 is 13.2 Å². The topological polar surface area (TPSA) is 125 Å². The minimum Gasteiger partial charge on any atom is -0.352 e. The van der Waals surface area contributed by atoms with Gasteiger partial charge in [-0.05, 0) is 35.4 Å². The van der Waals surface area contributed by atoms with Crippen LogP contribution in [0.1, 0.15) is 11.1 Å². The number of hydrogen-bond acceptors (Lipinski definition) is 4. The predicted octanol–water partition coefficient (Wildman–Crippen LogP) is 3.19. The van der Waals surface area contributed by atoms with Gasteiger partial charge in [0.25, 0.3) is 10.0 Å². The number of sulfonamides is 1. The maximum atomic E-state index is 12.7. The number of benzene rings is 3. The van der Waals surface area contributed by atoms with E-state index in [1.54, 1.807) is 54.6 Å². The van der Waals surface area contributed by atoms with E-state index in [0.29, 0.717) is 16.8 Å². The van der Waals surface area contributed by atoms with E-state index in [1.807, 2.05) is 6.07 Å². The van der Waals surface area contributed by atoms with Gasteiger partial charge in [0.1, 0.15) is 0 Å². The summed E-state index contributed by atoms with van der Waals surface area (Å²) < 4.78 is 28.1. The normalized spacial score (nSPS) is 10.7. The third kappa shape index (κ3) is 4.91. The van der Waals surface area contributed by atoms with Crippen LogP contribution in [0.2, 0.25) is 0 Å². The number of carbonyl (C=O) groups is 1. The van der Waals surface area contributed by atoms with Crippen LogP contribution in [0, 0.1) is 11.3 Å². The average molecular weight is 406 g/mol. The molecule has 0 bridgehead atoms. The van der Waals surface area contributed by atoms with E-state index in [2.05, 4.69) is 10.0 Å². The van der Waals surface area contributed by atoms with Crippen molar-refractivity contribution in [2.24, 2.45) is 5.73 Å². The molecule has 0 spiro atoms. The zero-order valence-corrected chi connectivity index (χ0v) is 16.1. The Kier molecular flexibility index (Phi) is 5.81. The summed E-state index contributed by atoms with van der Waals surface area (Å²) in [5.41, 5.74) is 7.93. The van der Waals surface area contributed by atoms with Crippen LogP contribution in [-0.4, -0.2) is 14.4 Å². The quantitative estimate of drug-likeness (QED) is 0.581. The first-order chi connectivity index (χ1) is 13.9. The van der Waals surface area contributed by atoms with Gasteiger partial charge in [-0.25, -0.2) is 13.2 Å². The van der Waals surface area contributed by atoms with E-state index < -0.39 is 16.1 Å². The number of nitrogens with two attached hydrogens (primary N) is 1. The number of amides is 2. The number of nitrogens with zero attached hydrogens (tertiary/aromatic N) is 1. The van der Waals surface area contributed by atoms with Crippen LogP contribution in [-0.2, 0) is 16.6 Å². The van der Waals surface area contributed by atoms with Gasteiger partial charge in [0.2, 0.25) is 0 Å². The first kappa shape index (κ1) is 19.9. The summed E-state index contributed by atoms with van der Waals surface area (Å²) in [6, 6.07) is 21.4. The van der Waals surface area contributed by atoms with Crippen LogP contribution in [0.3, 0.4) is 0 Å². The van der Waals surface area contributed by atoms with Crippen molar-refractivity contribution in [3.05, 3.63) is 83.9 Å². The highest BCUT2D eigenvalue weighted by atomic mass is 32.2. The minimum absolute atomic E-state index is 0.126. The highest BCUT2D eigenvalue weighted by Crippen LogP contribution is 2.31. The van der Waals surface area contributed by atoms with E-state index in [-0.39, 0.29) is 11.4 Å². The molecule has 0 atom stereocenters. The van der Waals surface area contributed by atoms with E-state index in [9.17, 15) is 18.5 Å². The summed E-state index contributed by atoms with van der Waals surface area (Å²) in [5.74, 6) is 0. The molecular formula is C21H18N4O3S. The second-order valence-electron chi connectivity index (χ2n) is 6.21. The van der Waals surface area contributed by atoms with Gasteiger partial charge < -0.3 is 11.1 Å². The van der Waals surface area contributed by atoms with Gasteiger partial charge in [0.15, 0.2) is 0 Å². The lowest BCUT2D eigenvalue weighted by Crippen LogP contribution is -2.28. The maximum absolute atomic E-state index is 12.7. The van der Waals surface area contributed by atoms with Crippen LogP contribution < -0.4 is 15.8 Å². The molecule has 0 aliphatic carbocycles. The smallest absolute Gasteiger partial charge is 0.312 e. The molecule has 7 nitrogen and oxygen atoms in total. The molecule has 3 aromatic carbocycles. The second-order valence-corrected chi connectivity index (χ2v) is 7.89. The van der Waals surface area contributed by atoms with Gasteiger partial charge in [-0.1, -0.05) is 48.5 Å². The SMILES string of the molecule is N#Cc1ccc(-c2ccc(CNC(N)=O)cc2)c(NS(=O)(=O)c2ccccc2)c1. The summed E-state index contributed by atoms with van der Waals surface area (Å²) in [6.07, 6.45) is 0. The number of carbonyl (C=O) groups excluding carboxylic acids is 1. The Balaban J connectivity index is 1.96. The Morgan fingerprint density at radius 1 is 1.00 bits per heavy atom. The minimum atomic E-state index is -3.82. The van der Waals surface area contributed by atoms with Crippen LogP contribution in [0.15, 0.2) is 77.7 Å². The first-order valence-corrected chi connectivity index (χ1v) is 10.1. The summed E-state index contributed by atoms with van der Waals surface area (Å²) in [5, 5.41) is 11.7. The zero-order chi connectivity index (χ0) is 20.9. The molecular weight excluding hydrogens is 388 g/mol. The molecule has 4 N–H and O–H groups in total. The number of anilines is 1. The summed E-state index contributed by atoms with van der Waals surface area (Å²) in [7, 11) is -3.82. The van der Waals surface area contributed by atoms with E-state index in [4.69, 9.17) is 5.73 Å². The number of primary amides is 1. The fraction of sp³-hybridized carbons (Fsp3) is 0.0476. The Labute approximate surface area is 168 Å². The van der Waals surface area contributed by atoms with Gasteiger partial charge in [0, 0.05) is 12.1 Å². The number of urea groups is 1. The maximum Gasteiger partial charge on any atom is 0.312 e. The fourth-order valence-corrected chi connectivity index (χ4v) is 3.84. The van der Waals surface area contributed by atoms with Gasteiger partial charge in [-0.3, -0.25) is 4.72 Å². The van der Waals surface area contributed by atoms with Crippen molar-refractivity contribution in [1.29, 1.82) is 5.26 Å². The fourth-order valence-electron chi connectivity index (χ4n) is 2.74. The molecule has 0 saturated heterocycles. The average Bonchev–Trinajstić information content (AvgIpc) is 2.73. The molecule has 29 heavy (non-hydrogen) atoms. The predicted molar refractivity (Wildman–Crippen MR) is 110 cm³/mol. The monoisotopic (exact) mass is 406 g/mol. The van der Waals surface area contributed by atoms with E-state index in [1.165, 1.54) is 18.2 Å². The first-order valence-electron chi connectivity index (χ1n) is 8.64. The molecule has 0 aliphatic heterocycles. The van der Waals surface area contributed by atoms with Gasteiger partial charge in [-0.15, -0.1) is 0 Å². The third-order valence-electron chi connectivity index (χ3n) is 4.18. The number of hydrogen-bond donors (Lipinski definition) is 3. The van der Waals surface area contributed by atoms with Gasteiger partial charge in [-0.2, -0.15) is 5.26 Å². The molecule has 3 rings (SSSR count). The lowest BCUT2D eigenvalue weighted by Gasteiger charge is -2.14. The molecule has 146 valence electrons. The second kappa shape index (κ2) is 8.46. The summed E-state index contributed by atoms with van der Waals surface area (Å²) in [4.78, 5) is 11.0. The summed E-state index contributed by atoms with van der Waals surface area (Å²) >= 11 is 0. The molecule has 0 saturated carbocycles. The molecule has 3 aromatic rings. The van der Waals surface area contributed by atoms with Gasteiger partial charge in [0.05, 0.1) is 22.2 Å². The van der Waals surface area contributed by atoms with Gasteiger partial charge >= 0.3 is 6.03 Å². The third-order valence-corrected chi connectivity index (χ3v) is 5.56. The number of nitriles is 1. The van der Waals surface area contributed by atoms with E-state index in [0.717, 1.165) is 11.1 Å². The van der Waals surface area contributed by atoms with Crippen LogP contribution in [0.25, 0.3) is 11.1 Å². The lowest BCUT2D eigenvalue weighted by molar-refractivity contribution is 0.248. The highest BCUT2D eigenvalue weighted by Gasteiger charge is 2.17. The molecule has 2 amide bonds. The highest BCUT2D eigenvalue weighted by molar-refractivity contribution is 7.92. The lowest BCUT2D eigenvalue weighted by atomic mass is 10.0. The largest absolute Gasteiger partial charge is 0.352 e. The number of rotatable bonds is 6. The van der Waals surface area contributed by atoms with Crippen molar-refractivity contribution in [3.63, 3.8) is 0 Å². The Morgan fingerprint density at radius 2 is 1.69 bits per heavy atom. The Morgan fingerprint density at radius 3 is 2.31 bits per heavy atom. The van der Waals surface area contributed by atoms with Crippen LogP contribution in [0.4, 0.5) is 10.5 Å². The Hall–Kier alpha value is -3.83. The number of nitrogens with one attached hydrogen (secondary N) is 2. The van der Waals surface area contributed by atoms with Crippen molar-refractivity contribution in [2.75, 3.05) is 4.72 Å². The van der Waals surface area contributed by atoms with Crippen molar-refractivity contribution in [3.8, 4) is 17.2 Å². The van der Waals surface area contributed by atoms with Crippen molar-refractivity contribution in [2.45, 2.75) is 11.4 Å². The van der Waals surface area contributed by atoms with Crippen LogP contribution >= 0.6 is 0 Å². The zero-order valence-electron chi connectivity index (χ0n) is 15.3. The van der Waals surface area contributed by atoms with Crippen molar-refractivity contribution in [1.82, 2.24) is 5.32 Å². The standard InChI is InChI=1S/C21H18N4O3S/c22-13-16-8-11-19(17-9-6-15(7-10-17)14-24-21(23)26)20(12-16)25-29(27,28)18-4-2-1-3-5-18/h1-12,25H,14H2,(H3,23,24,26). The molecule has 0 radical (unpaired) electrons. The molecule has 8 heteroatoms.